The summed E-state index contributed by atoms with van der Waals surface area (Å²) in [5.74, 6) is -1.09. The van der Waals surface area contributed by atoms with E-state index in [2.05, 4.69) is 9.72 Å². The average Bonchev–Trinajstić information content (AvgIpc) is 3.24. The molecular formula is C17H13NO5S2. The van der Waals surface area contributed by atoms with Crippen LogP contribution in [0.3, 0.4) is 0 Å². The first-order valence-electron chi connectivity index (χ1n) is 7.17. The molecule has 2 heterocycles. The van der Waals surface area contributed by atoms with Crippen LogP contribution in [0.25, 0.3) is 21.2 Å². The maximum Gasteiger partial charge on any atom is 0.373 e. The Morgan fingerprint density at radius 2 is 2.12 bits per heavy atom. The maximum atomic E-state index is 11.5. The highest BCUT2D eigenvalue weighted by molar-refractivity contribution is 8.09. The second kappa shape index (κ2) is 7.54. The molecule has 25 heavy (non-hydrogen) atoms. The normalized spacial score (nSPS) is 11.6. The number of esters is 1. The largest absolute Gasteiger partial charge is 0.481 e. The topological polar surface area (TPSA) is 89.6 Å². The minimum Gasteiger partial charge on any atom is -0.481 e. The Morgan fingerprint density at radius 3 is 2.84 bits per heavy atom. The van der Waals surface area contributed by atoms with Gasteiger partial charge < -0.3 is 14.3 Å². The van der Waals surface area contributed by atoms with Crippen molar-refractivity contribution >= 4 is 56.2 Å². The number of hydrogen-bond donors (Lipinski definition) is 1. The van der Waals surface area contributed by atoms with Gasteiger partial charge >= 0.3 is 11.9 Å². The van der Waals surface area contributed by atoms with E-state index in [1.54, 1.807) is 12.1 Å². The highest BCUT2D eigenvalue weighted by atomic mass is 32.2. The van der Waals surface area contributed by atoms with E-state index in [1.165, 1.54) is 24.5 Å². The monoisotopic (exact) mass is 375 g/mol. The van der Waals surface area contributed by atoms with Gasteiger partial charge in [-0.25, -0.2) is 9.78 Å². The van der Waals surface area contributed by atoms with Crippen LogP contribution in [0.4, 0.5) is 0 Å². The van der Waals surface area contributed by atoms with Crippen LogP contribution in [0.5, 0.6) is 0 Å². The predicted molar refractivity (Wildman–Crippen MR) is 97.6 cm³/mol. The van der Waals surface area contributed by atoms with Gasteiger partial charge in [-0.05, 0) is 30.3 Å². The van der Waals surface area contributed by atoms with E-state index in [4.69, 9.17) is 9.52 Å². The van der Waals surface area contributed by atoms with Gasteiger partial charge in [0.2, 0.25) is 5.76 Å². The van der Waals surface area contributed by atoms with Crippen molar-refractivity contribution in [1.29, 1.82) is 0 Å². The van der Waals surface area contributed by atoms with Gasteiger partial charge in [0.25, 0.3) is 0 Å². The summed E-state index contributed by atoms with van der Waals surface area (Å²) in [6, 6.07) is 10.8. The average molecular weight is 375 g/mol. The summed E-state index contributed by atoms with van der Waals surface area (Å²) in [7, 11) is 1.27. The van der Waals surface area contributed by atoms with Crippen LogP contribution in [0.2, 0.25) is 0 Å². The van der Waals surface area contributed by atoms with Crippen LogP contribution in [0, 0.1) is 0 Å². The molecule has 0 radical (unpaired) electrons. The minimum absolute atomic E-state index is 0.0839. The maximum absolute atomic E-state index is 11.5. The summed E-state index contributed by atoms with van der Waals surface area (Å²) in [5, 5.41) is 9.67. The van der Waals surface area contributed by atoms with Crippen molar-refractivity contribution in [3.8, 4) is 0 Å². The number of carbonyl (C=O) groups excluding carboxylic acids is 1. The van der Waals surface area contributed by atoms with Crippen molar-refractivity contribution in [2.45, 2.75) is 0 Å². The quantitative estimate of drug-likeness (QED) is 0.652. The Bertz CT molecular complexity index is 924. The van der Waals surface area contributed by atoms with Gasteiger partial charge in [0.1, 0.15) is 10.8 Å². The number of fused-ring (bicyclic) bond motifs is 1. The first-order valence-corrected chi connectivity index (χ1v) is 8.97. The third-order valence-electron chi connectivity index (χ3n) is 3.14. The number of hydrogen-bond acceptors (Lipinski definition) is 7. The number of para-hydroxylation sites is 1. The fourth-order valence-corrected chi connectivity index (χ4v) is 3.88. The van der Waals surface area contributed by atoms with Crippen molar-refractivity contribution in [1.82, 2.24) is 4.98 Å². The van der Waals surface area contributed by atoms with E-state index in [1.807, 2.05) is 24.3 Å². The summed E-state index contributed by atoms with van der Waals surface area (Å²) < 4.78 is 11.1. The third-order valence-corrected chi connectivity index (χ3v) is 5.35. The fraction of sp³-hybridized carbons (Fsp3) is 0.118. The number of carbonyl (C=O) groups is 2. The second-order valence-corrected chi connectivity index (χ2v) is 6.92. The van der Waals surface area contributed by atoms with Gasteiger partial charge in [0.15, 0.2) is 0 Å². The summed E-state index contributed by atoms with van der Waals surface area (Å²) >= 11 is 2.62. The Labute approximate surface area is 151 Å². The van der Waals surface area contributed by atoms with Crippen molar-refractivity contribution in [2.24, 2.45) is 0 Å². The van der Waals surface area contributed by atoms with Crippen LogP contribution in [0.1, 0.15) is 21.3 Å². The van der Waals surface area contributed by atoms with Crippen molar-refractivity contribution in [3.63, 3.8) is 0 Å². The predicted octanol–water partition coefficient (Wildman–Crippen LogP) is 3.99. The molecule has 1 N–H and O–H groups in total. The zero-order valence-corrected chi connectivity index (χ0v) is 14.7. The van der Waals surface area contributed by atoms with Crippen LogP contribution in [0.15, 0.2) is 40.8 Å². The standard InChI is InChI=1S/C17H13NO5S2/c1-22-17(21)12-7-6-10(23-12)8-14(24-9-15(19)20)16-18-11-4-2-3-5-13(11)25-16/h2-8H,9H2,1H3,(H,19,20)/b14-8+. The molecule has 128 valence electrons. The zero-order valence-electron chi connectivity index (χ0n) is 13.1. The molecular weight excluding hydrogens is 362 g/mol. The molecule has 8 heteroatoms. The summed E-state index contributed by atoms with van der Waals surface area (Å²) in [6.07, 6.45) is 1.68. The van der Waals surface area contributed by atoms with E-state index in [9.17, 15) is 9.59 Å². The lowest BCUT2D eigenvalue weighted by atomic mass is 10.3. The lowest BCUT2D eigenvalue weighted by molar-refractivity contribution is -0.133. The molecule has 2 aromatic heterocycles. The number of methoxy groups -OCH3 is 1. The first-order chi connectivity index (χ1) is 12.1. The number of nitrogens with zero attached hydrogens (tertiary/aromatic N) is 1. The van der Waals surface area contributed by atoms with Gasteiger partial charge in [-0.2, -0.15) is 0 Å². The molecule has 0 fully saturated rings. The van der Waals surface area contributed by atoms with Gasteiger partial charge in [-0.15, -0.1) is 23.1 Å². The smallest absolute Gasteiger partial charge is 0.373 e. The molecule has 0 bridgehead atoms. The van der Waals surface area contributed by atoms with Crippen LogP contribution >= 0.6 is 23.1 Å². The van der Waals surface area contributed by atoms with Gasteiger partial charge in [-0.3, -0.25) is 4.79 Å². The number of thiazole rings is 1. The molecule has 0 spiro atoms. The molecule has 6 nitrogen and oxygen atoms in total. The van der Waals surface area contributed by atoms with E-state index < -0.39 is 11.9 Å². The first kappa shape index (κ1) is 17.2. The molecule has 3 aromatic rings. The number of carboxylic acid groups (broad SMARTS) is 1. The summed E-state index contributed by atoms with van der Waals surface area (Å²) in [4.78, 5) is 27.6. The molecule has 0 saturated carbocycles. The summed E-state index contributed by atoms with van der Waals surface area (Å²) in [5.41, 5.74) is 0.846. The van der Waals surface area contributed by atoms with Crippen LogP contribution in [-0.4, -0.2) is 34.9 Å². The van der Waals surface area contributed by atoms with E-state index in [-0.39, 0.29) is 11.5 Å². The lowest BCUT2D eigenvalue weighted by Gasteiger charge is -2.01. The molecule has 0 saturated heterocycles. The molecule has 0 unspecified atom stereocenters. The number of furan rings is 1. The Morgan fingerprint density at radius 1 is 1.32 bits per heavy atom. The third kappa shape index (κ3) is 4.09. The van der Waals surface area contributed by atoms with E-state index in [0.29, 0.717) is 15.7 Å². The fourth-order valence-electron chi connectivity index (χ4n) is 2.05. The van der Waals surface area contributed by atoms with E-state index >= 15 is 0 Å². The van der Waals surface area contributed by atoms with Gasteiger partial charge in [0.05, 0.1) is 23.1 Å². The minimum atomic E-state index is -0.924. The molecule has 0 amide bonds. The molecule has 0 aliphatic rings. The number of aromatic nitrogens is 1. The molecule has 3 rings (SSSR count). The molecule has 1 aromatic carbocycles. The zero-order chi connectivity index (χ0) is 17.8. The molecule has 0 atom stereocenters. The number of rotatable bonds is 6. The van der Waals surface area contributed by atoms with Crippen molar-refractivity contribution in [2.75, 3.05) is 12.9 Å². The highest BCUT2D eigenvalue weighted by Crippen LogP contribution is 2.35. The van der Waals surface area contributed by atoms with Gasteiger partial charge in [-0.1, -0.05) is 12.1 Å². The van der Waals surface area contributed by atoms with Gasteiger partial charge in [0, 0.05) is 4.91 Å². The van der Waals surface area contributed by atoms with Crippen LogP contribution in [-0.2, 0) is 9.53 Å². The Hall–Kier alpha value is -2.58. The number of carboxylic acids is 1. The Kier molecular flexibility index (Phi) is 5.20. The highest BCUT2D eigenvalue weighted by Gasteiger charge is 2.14. The van der Waals surface area contributed by atoms with Crippen molar-refractivity contribution in [3.05, 3.63) is 52.9 Å². The second-order valence-electron chi connectivity index (χ2n) is 4.87. The number of benzene rings is 1. The number of aliphatic carboxylic acids is 1. The Balaban J connectivity index is 1.97. The van der Waals surface area contributed by atoms with Crippen molar-refractivity contribution < 1.29 is 23.8 Å². The SMILES string of the molecule is COC(=O)c1ccc(/C=C(/SCC(=O)O)c2nc3ccccc3s2)o1. The number of thioether (sulfide) groups is 1. The lowest BCUT2D eigenvalue weighted by Crippen LogP contribution is -1.98. The molecule has 0 aliphatic heterocycles. The summed E-state index contributed by atoms with van der Waals surface area (Å²) in [6.45, 7) is 0. The molecule has 0 aliphatic carbocycles. The number of ether oxygens (including phenoxy) is 1. The van der Waals surface area contributed by atoms with E-state index in [0.717, 1.165) is 22.0 Å². The van der Waals surface area contributed by atoms with Crippen LogP contribution < -0.4 is 0 Å².